The molecule has 90 valence electrons. The number of phenolic OH excluding ortho intramolecular Hbond substituents is 1. The van der Waals surface area contributed by atoms with E-state index in [1.165, 1.54) is 23.7 Å². The van der Waals surface area contributed by atoms with Crippen molar-refractivity contribution in [1.82, 2.24) is 9.97 Å². The molecule has 0 fully saturated rings. The zero-order valence-corrected chi connectivity index (χ0v) is 10.7. The van der Waals surface area contributed by atoms with Gasteiger partial charge in [-0.2, -0.15) is 0 Å². The highest BCUT2D eigenvalue weighted by molar-refractivity contribution is 7.16. The molecule has 0 aliphatic rings. The predicted molar refractivity (Wildman–Crippen MR) is 73.8 cm³/mol. The van der Waals surface area contributed by atoms with Crippen LogP contribution >= 0.6 is 22.9 Å². The average Bonchev–Trinajstić information content (AvgIpc) is 2.83. The van der Waals surface area contributed by atoms with Crippen LogP contribution < -0.4 is 5.32 Å². The molecule has 3 rings (SSSR count). The molecule has 3 aromatic rings. The Balaban J connectivity index is 2.06. The van der Waals surface area contributed by atoms with Crippen LogP contribution in [0.4, 0.5) is 11.5 Å². The maximum absolute atomic E-state index is 9.76. The van der Waals surface area contributed by atoms with Crippen LogP contribution in [-0.2, 0) is 0 Å². The average molecular weight is 278 g/mol. The van der Waals surface area contributed by atoms with E-state index in [0.29, 0.717) is 16.5 Å². The summed E-state index contributed by atoms with van der Waals surface area (Å²) in [7, 11) is 0. The number of benzene rings is 1. The van der Waals surface area contributed by atoms with Gasteiger partial charge in [-0.05, 0) is 29.6 Å². The molecule has 18 heavy (non-hydrogen) atoms. The lowest BCUT2D eigenvalue weighted by molar-refractivity contribution is 0.478. The van der Waals surface area contributed by atoms with Crippen LogP contribution in [0.15, 0.2) is 36.0 Å². The summed E-state index contributed by atoms with van der Waals surface area (Å²) in [6, 6.07) is 6.75. The van der Waals surface area contributed by atoms with E-state index < -0.39 is 0 Å². The second-order valence-corrected chi connectivity index (χ2v) is 4.98. The minimum atomic E-state index is 0.126. The molecule has 0 bridgehead atoms. The third-order valence-corrected chi connectivity index (χ3v) is 3.53. The third kappa shape index (κ3) is 1.98. The molecule has 0 radical (unpaired) electrons. The Bertz CT molecular complexity index is 713. The maximum atomic E-state index is 9.76. The van der Waals surface area contributed by atoms with Crippen molar-refractivity contribution in [3.8, 4) is 5.75 Å². The molecule has 0 aliphatic carbocycles. The first-order valence-corrected chi connectivity index (χ1v) is 6.43. The van der Waals surface area contributed by atoms with E-state index in [0.717, 1.165) is 10.2 Å². The van der Waals surface area contributed by atoms with E-state index in [1.54, 1.807) is 12.1 Å². The van der Waals surface area contributed by atoms with Gasteiger partial charge in [-0.1, -0.05) is 11.6 Å². The van der Waals surface area contributed by atoms with Gasteiger partial charge in [-0.25, -0.2) is 9.97 Å². The van der Waals surface area contributed by atoms with Gasteiger partial charge in [0.05, 0.1) is 11.1 Å². The molecule has 0 spiro atoms. The number of aromatic hydroxyl groups is 1. The fourth-order valence-electron chi connectivity index (χ4n) is 1.63. The van der Waals surface area contributed by atoms with E-state index in [4.69, 9.17) is 11.6 Å². The van der Waals surface area contributed by atoms with Gasteiger partial charge in [0.25, 0.3) is 0 Å². The van der Waals surface area contributed by atoms with Crippen LogP contribution in [0.2, 0.25) is 5.02 Å². The number of nitrogens with one attached hydrogen (secondary N) is 1. The van der Waals surface area contributed by atoms with Crippen molar-refractivity contribution in [2.24, 2.45) is 0 Å². The Hall–Kier alpha value is -1.85. The van der Waals surface area contributed by atoms with E-state index in [-0.39, 0.29) is 5.75 Å². The number of hydrogen-bond acceptors (Lipinski definition) is 5. The predicted octanol–water partition coefficient (Wildman–Crippen LogP) is 3.79. The molecule has 6 heteroatoms. The van der Waals surface area contributed by atoms with Crippen molar-refractivity contribution in [1.29, 1.82) is 0 Å². The Morgan fingerprint density at radius 1 is 1.22 bits per heavy atom. The smallest absolute Gasteiger partial charge is 0.142 e. The lowest BCUT2D eigenvalue weighted by atomic mass is 10.3. The highest BCUT2D eigenvalue weighted by Gasteiger charge is 2.07. The molecule has 2 heterocycles. The van der Waals surface area contributed by atoms with Gasteiger partial charge < -0.3 is 10.4 Å². The summed E-state index contributed by atoms with van der Waals surface area (Å²) >= 11 is 7.44. The first-order chi connectivity index (χ1) is 8.74. The number of rotatable bonds is 2. The minimum absolute atomic E-state index is 0.126. The number of nitrogens with zero attached hydrogens (tertiary/aromatic N) is 2. The van der Waals surface area contributed by atoms with Gasteiger partial charge >= 0.3 is 0 Å². The first-order valence-electron chi connectivity index (χ1n) is 5.18. The lowest BCUT2D eigenvalue weighted by Crippen LogP contribution is -1.95. The highest BCUT2D eigenvalue weighted by Crippen LogP contribution is 2.32. The fourth-order valence-corrected chi connectivity index (χ4v) is 2.53. The number of phenols is 1. The zero-order valence-electron chi connectivity index (χ0n) is 9.09. The molecule has 1 aromatic carbocycles. The van der Waals surface area contributed by atoms with Crippen molar-refractivity contribution in [2.45, 2.75) is 0 Å². The van der Waals surface area contributed by atoms with Crippen molar-refractivity contribution < 1.29 is 5.11 Å². The van der Waals surface area contributed by atoms with Gasteiger partial charge in [0.15, 0.2) is 0 Å². The third-order valence-electron chi connectivity index (χ3n) is 2.47. The van der Waals surface area contributed by atoms with Crippen molar-refractivity contribution in [3.63, 3.8) is 0 Å². The summed E-state index contributed by atoms with van der Waals surface area (Å²) in [5, 5.41) is 16.2. The number of aromatic nitrogens is 2. The normalized spacial score (nSPS) is 10.7. The summed E-state index contributed by atoms with van der Waals surface area (Å²) in [6.45, 7) is 0. The van der Waals surface area contributed by atoms with Crippen LogP contribution in [0.5, 0.6) is 5.75 Å². The molecular formula is C12H8ClN3OS. The number of thiophene rings is 1. The topological polar surface area (TPSA) is 58.0 Å². The Morgan fingerprint density at radius 3 is 3.00 bits per heavy atom. The second-order valence-electron chi connectivity index (χ2n) is 3.65. The number of halogens is 1. The SMILES string of the molecule is Oc1ccc(Cl)cc1Nc1ncnc2sccc12. The minimum Gasteiger partial charge on any atom is -0.506 e. The number of anilines is 2. The lowest BCUT2D eigenvalue weighted by Gasteiger charge is -2.08. The van der Waals surface area contributed by atoms with E-state index in [1.807, 2.05) is 11.4 Å². The first kappa shape index (κ1) is 11.3. The Kier molecular flexibility index (Phi) is 2.77. The molecular weight excluding hydrogens is 270 g/mol. The monoisotopic (exact) mass is 277 g/mol. The van der Waals surface area contributed by atoms with Crippen LogP contribution in [-0.4, -0.2) is 15.1 Å². The Morgan fingerprint density at radius 2 is 2.11 bits per heavy atom. The molecule has 0 saturated heterocycles. The van der Waals surface area contributed by atoms with E-state index in [9.17, 15) is 5.11 Å². The molecule has 0 amide bonds. The quantitative estimate of drug-likeness (QED) is 0.700. The van der Waals surface area contributed by atoms with Crippen LogP contribution in [0.3, 0.4) is 0 Å². The van der Waals surface area contributed by atoms with E-state index >= 15 is 0 Å². The molecule has 2 aromatic heterocycles. The molecule has 0 saturated carbocycles. The fraction of sp³-hybridized carbons (Fsp3) is 0. The van der Waals surface area contributed by atoms with E-state index in [2.05, 4.69) is 15.3 Å². The van der Waals surface area contributed by atoms with Crippen molar-refractivity contribution in [3.05, 3.63) is 41.0 Å². The summed E-state index contributed by atoms with van der Waals surface area (Å²) in [6.07, 6.45) is 1.49. The Labute approximate surface area is 112 Å². The summed E-state index contributed by atoms with van der Waals surface area (Å²) < 4.78 is 0. The van der Waals surface area contributed by atoms with Crippen LogP contribution in [0, 0.1) is 0 Å². The molecule has 0 atom stereocenters. The van der Waals surface area contributed by atoms with Crippen molar-refractivity contribution in [2.75, 3.05) is 5.32 Å². The number of fused-ring (bicyclic) bond motifs is 1. The highest BCUT2D eigenvalue weighted by atomic mass is 35.5. The second kappa shape index (κ2) is 4.44. The standard InChI is InChI=1S/C12H8ClN3OS/c13-7-1-2-10(17)9(5-7)16-11-8-3-4-18-12(8)15-6-14-11/h1-6,17H,(H,14,15,16). The number of hydrogen-bond donors (Lipinski definition) is 2. The summed E-state index contributed by atoms with van der Waals surface area (Å²) in [5.74, 6) is 0.778. The molecule has 0 aliphatic heterocycles. The van der Waals surface area contributed by atoms with Gasteiger partial charge in [-0.15, -0.1) is 11.3 Å². The van der Waals surface area contributed by atoms with Gasteiger partial charge in [0, 0.05) is 5.02 Å². The largest absolute Gasteiger partial charge is 0.506 e. The van der Waals surface area contributed by atoms with Gasteiger partial charge in [0.1, 0.15) is 22.7 Å². The van der Waals surface area contributed by atoms with Crippen molar-refractivity contribution >= 4 is 44.7 Å². The molecule has 2 N–H and O–H groups in total. The molecule has 0 unspecified atom stereocenters. The van der Waals surface area contributed by atoms with Gasteiger partial charge in [0.2, 0.25) is 0 Å². The van der Waals surface area contributed by atoms with Crippen LogP contribution in [0.25, 0.3) is 10.2 Å². The molecule has 4 nitrogen and oxygen atoms in total. The maximum Gasteiger partial charge on any atom is 0.142 e. The van der Waals surface area contributed by atoms with Gasteiger partial charge in [-0.3, -0.25) is 0 Å². The summed E-state index contributed by atoms with van der Waals surface area (Å²) in [4.78, 5) is 9.23. The zero-order chi connectivity index (χ0) is 12.5. The summed E-state index contributed by atoms with van der Waals surface area (Å²) in [5.41, 5.74) is 0.522. The van der Waals surface area contributed by atoms with Crippen LogP contribution in [0.1, 0.15) is 0 Å².